The zero-order valence-corrected chi connectivity index (χ0v) is 15.1. The minimum atomic E-state index is -0.684. The highest BCUT2D eigenvalue weighted by Gasteiger charge is 2.43. The molecule has 0 spiro atoms. The number of ether oxygens (including phenoxy) is 2. The number of aromatic nitrogens is 3. The normalized spacial score (nSPS) is 26.2. The third kappa shape index (κ3) is 3.10. The second-order valence-corrected chi connectivity index (χ2v) is 7.18. The highest BCUT2D eigenvalue weighted by molar-refractivity contribution is 7.16. The molecule has 25 heavy (non-hydrogen) atoms. The van der Waals surface area contributed by atoms with Gasteiger partial charge in [-0.15, -0.1) is 0 Å². The minimum Gasteiger partial charge on any atom is -0.390 e. The van der Waals surface area contributed by atoms with Gasteiger partial charge in [0.2, 0.25) is 5.95 Å². The van der Waals surface area contributed by atoms with Crippen LogP contribution in [0.15, 0.2) is 9.59 Å². The summed E-state index contributed by atoms with van der Waals surface area (Å²) in [4.78, 5) is 30.8. The molecule has 1 saturated heterocycles. The first kappa shape index (κ1) is 18.1. The summed E-state index contributed by atoms with van der Waals surface area (Å²) in [6.07, 6.45) is -0.874. The van der Waals surface area contributed by atoms with Crippen LogP contribution in [0.25, 0.3) is 10.3 Å². The Morgan fingerprint density at radius 3 is 2.92 bits per heavy atom. The standard InChI is InChI=1S/C15H22N4O5S/c1-4-8(20)9-5-7(6(2)23-3)13(24-9)19-11-10(25-15(19)22)12(21)18-14(16)17-11/h6-9,13,20H,4-5H2,1-3H3,(H3,16,17,18,21)/t6-,7-,8-,9?,13+/m0/s1. The highest BCUT2D eigenvalue weighted by Crippen LogP contribution is 2.39. The summed E-state index contributed by atoms with van der Waals surface area (Å²) in [6.45, 7) is 3.75. The van der Waals surface area contributed by atoms with Gasteiger partial charge in [0, 0.05) is 13.0 Å². The van der Waals surface area contributed by atoms with Crippen LogP contribution in [0.2, 0.25) is 0 Å². The summed E-state index contributed by atoms with van der Waals surface area (Å²) in [5.74, 6) is -0.238. The van der Waals surface area contributed by atoms with E-state index in [0.29, 0.717) is 12.8 Å². The van der Waals surface area contributed by atoms with E-state index in [4.69, 9.17) is 15.2 Å². The van der Waals surface area contributed by atoms with Gasteiger partial charge in [-0.1, -0.05) is 18.3 Å². The molecule has 0 saturated carbocycles. The number of H-pyrrole nitrogens is 1. The van der Waals surface area contributed by atoms with Crippen molar-refractivity contribution < 1.29 is 14.6 Å². The number of hydrogen-bond donors (Lipinski definition) is 3. The van der Waals surface area contributed by atoms with Gasteiger partial charge in [0.25, 0.3) is 5.56 Å². The molecule has 5 atom stereocenters. The van der Waals surface area contributed by atoms with E-state index in [1.54, 1.807) is 7.11 Å². The van der Waals surface area contributed by atoms with Gasteiger partial charge in [-0.3, -0.25) is 19.1 Å². The number of nitrogens with two attached hydrogens (primary N) is 1. The largest absolute Gasteiger partial charge is 0.390 e. The molecular weight excluding hydrogens is 348 g/mol. The summed E-state index contributed by atoms with van der Waals surface area (Å²) >= 11 is 0.800. The van der Waals surface area contributed by atoms with Crippen LogP contribution in [0.4, 0.5) is 5.95 Å². The van der Waals surface area contributed by atoms with E-state index in [1.807, 2.05) is 13.8 Å². The first-order valence-corrected chi connectivity index (χ1v) is 8.96. The Morgan fingerprint density at radius 2 is 2.28 bits per heavy atom. The SMILES string of the molecule is CC[C@H](O)C1C[C@@H]([C@H](C)OC)[C@H](n2c(=O)sc3c(=O)[nH]c(N)nc32)O1. The predicted molar refractivity (Wildman–Crippen MR) is 93.7 cm³/mol. The van der Waals surface area contributed by atoms with Crippen LogP contribution < -0.4 is 16.2 Å². The Morgan fingerprint density at radius 1 is 1.56 bits per heavy atom. The van der Waals surface area contributed by atoms with Crippen molar-refractivity contribution in [2.24, 2.45) is 5.92 Å². The lowest BCUT2D eigenvalue weighted by atomic mass is 9.95. The number of aliphatic hydroxyl groups excluding tert-OH is 1. The smallest absolute Gasteiger partial charge is 0.311 e. The lowest BCUT2D eigenvalue weighted by molar-refractivity contribution is -0.0763. The first-order chi connectivity index (χ1) is 11.9. The van der Waals surface area contributed by atoms with Gasteiger partial charge in [-0.2, -0.15) is 4.98 Å². The zero-order chi connectivity index (χ0) is 18.3. The van der Waals surface area contributed by atoms with E-state index < -0.39 is 24.0 Å². The lowest BCUT2D eigenvalue weighted by Gasteiger charge is -2.24. The van der Waals surface area contributed by atoms with Crippen LogP contribution in [0.5, 0.6) is 0 Å². The summed E-state index contributed by atoms with van der Waals surface area (Å²) in [5.41, 5.74) is 5.38. The molecule has 0 radical (unpaired) electrons. The Balaban J connectivity index is 2.12. The van der Waals surface area contributed by atoms with Gasteiger partial charge in [0.15, 0.2) is 5.65 Å². The van der Waals surface area contributed by atoms with Crippen molar-refractivity contribution in [3.05, 3.63) is 20.0 Å². The molecule has 10 heteroatoms. The molecule has 0 aromatic carbocycles. The maximum atomic E-state index is 12.6. The number of rotatable bonds is 5. The number of anilines is 1. The van der Waals surface area contributed by atoms with E-state index in [-0.39, 0.29) is 33.2 Å². The number of aliphatic hydroxyl groups is 1. The van der Waals surface area contributed by atoms with Gasteiger partial charge >= 0.3 is 4.87 Å². The fourth-order valence-electron chi connectivity index (χ4n) is 3.25. The fourth-order valence-corrected chi connectivity index (χ4v) is 4.09. The van der Waals surface area contributed by atoms with E-state index in [1.165, 1.54) is 4.57 Å². The molecule has 0 aliphatic carbocycles. The van der Waals surface area contributed by atoms with Gasteiger partial charge in [0.05, 0.1) is 18.3 Å². The van der Waals surface area contributed by atoms with Crippen LogP contribution >= 0.6 is 11.3 Å². The van der Waals surface area contributed by atoms with Gasteiger partial charge in [-0.25, -0.2) is 0 Å². The van der Waals surface area contributed by atoms with E-state index in [2.05, 4.69) is 9.97 Å². The molecule has 1 aliphatic heterocycles. The Labute approximate surface area is 147 Å². The maximum absolute atomic E-state index is 12.6. The van der Waals surface area contributed by atoms with E-state index >= 15 is 0 Å². The van der Waals surface area contributed by atoms with Crippen molar-refractivity contribution in [3.8, 4) is 0 Å². The molecule has 0 amide bonds. The number of nitrogens with zero attached hydrogens (tertiary/aromatic N) is 2. The Hall–Kier alpha value is -1.75. The highest BCUT2D eigenvalue weighted by atomic mass is 32.1. The Kier molecular flexibility index (Phi) is 4.96. The third-order valence-electron chi connectivity index (χ3n) is 4.75. The molecule has 1 aliphatic rings. The van der Waals surface area contributed by atoms with Crippen molar-refractivity contribution >= 4 is 27.6 Å². The second-order valence-electron chi connectivity index (χ2n) is 6.22. The number of nitrogen functional groups attached to an aromatic ring is 1. The number of hydrogen-bond acceptors (Lipinski definition) is 8. The molecule has 9 nitrogen and oxygen atoms in total. The molecule has 1 fully saturated rings. The molecule has 138 valence electrons. The van der Waals surface area contributed by atoms with Gasteiger partial charge in [-0.05, 0) is 19.8 Å². The van der Waals surface area contributed by atoms with Crippen molar-refractivity contribution in [1.82, 2.24) is 14.5 Å². The number of thiazole rings is 1. The first-order valence-electron chi connectivity index (χ1n) is 8.14. The van der Waals surface area contributed by atoms with Crippen LogP contribution in [0, 0.1) is 5.92 Å². The molecule has 2 aromatic rings. The van der Waals surface area contributed by atoms with Crippen LogP contribution in [-0.2, 0) is 9.47 Å². The molecule has 3 heterocycles. The van der Waals surface area contributed by atoms with Crippen molar-refractivity contribution in [1.29, 1.82) is 0 Å². The monoisotopic (exact) mass is 370 g/mol. The van der Waals surface area contributed by atoms with Crippen LogP contribution in [0.1, 0.15) is 32.9 Å². The molecule has 2 aromatic heterocycles. The lowest BCUT2D eigenvalue weighted by Crippen LogP contribution is -2.30. The number of methoxy groups -OCH3 is 1. The van der Waals surface area contributed by atoms with Crippen molar-refractivity contribution in [3.63, 3.8) is 0 Å². The summed E-state index contributed by atoms with van der Waals surface area (Å²) in [7, 11) is 1.58. The zero-order valence-electron chi connectivity index (χ0n) is 14.3. The number of aromatic amines is 1. The van der Waals surface area contributed by atoms with Gasteiger partial charge < -0.3 is 20.3 Å². The molecule has 0 bridgehead atoms. The average Bonchev–Trinajstić information content (AvgIpc) is 3.14. The summed E-state index contributed by atoms with van der Waals surface area (Å²) in [5, 5.41) is 10.2. The molecule has 3 rings (SSSR count). The fraction of sp³-hybridized carbons (Fsp3) is 0.667. The van der Waals surface area contributed by atoms with Crippen LogP contribution in [-0.4, -0.2) is 45.1 Å². The molecule has 1 unspecified atom stereocenters. The third-order valence-corrected chi connectivity index (χ3v) is 5.70. The molecule has 4 N–H and O–H groups in total. The predicted octanol–water partition coefficient (Wildman–Crippen LogP) is 0.438. The van der Waals surface area contributed by atoms with E-state index in [9.17, 15) is 14.7 Å². The topological polar surface area (TPSA) is 132 Å². The van der Waals surface area contributed by atoms with Gasteiger partial charge in [0.1, 0.15) is 10.9 Å². The number of fused-ring (bicyclic) bond motifs is 1. The summed E-state index contributed by atoms with van der Waals surface area (Å²) < 4.78 is 13.0. The second kappa shape index (κ2) is 6.87. The minimum absolute atomic E-state index is 0.0662. The van der Waals surface area contributed by atoms with Crippen molar-refractivity contribution in [2.45, 2.75) is 51.2 Å². The van der Waals surface area contributed by atoms with E-state index in [0.717, 1.165) is 11.3 Å². The molecular formula is C15H22N4O5S. The quantitative estimate of drug-likeness (QED) is 0.695. The van der Waals surface area contributed by atoms with Crippen molar-refractivity contribution in [2.75, 3.05) is 12.8 Å². The number of nitrogens with one attached hydrogen (secondary N) is 1. The Bertz CT molecular complexity index is 875. The maximum Gasteiger partial charge on any atom is 0.311 e. The average molecular weight is 370 g/mol. The summed E-state index contributed by atoms with van der Waals surface area (Å²) in [6, 6.07) is 0. The van der Waals surface area contributed by atoms with Crippen LogP contribution in [0.3, 0.4) is 0 Å².